The highest BCUT2D eigenvalue weighted by Gasteiger charge is 2.32. The molecule has 0 radical (unpaired) electrons. The lowest BCUT2D eigenvalue weighted by Gasteiger charge is -2.36. The summed E-state index contributed by atoms with van der Waals surface area (Å²) < 4.78 is 0. The van der Waals surface area contributed by atoms with Crippen LogP contribution < -0.4 is 0 Å². The second-order valence-corrected chi connectivity index (χ2v) is 5.12. The summed E-state index contributed by atoms with van der Waals surface area (Å²) in [5, 5.41) is 0. The van der Waals surface area contributed by atoms with Crippen LogP contribution in [-0.2, 0) is 9.59 Å². The van der Waals surface area contributed by atoms with E-state index in [1.54, 1.807) is 12.2 Å². The van der Waals surface area contributed by atoms with Crippen molar-refractivity contribution in [1.82, 2.24) is 0 Å². The van der Waals surface area contributed by atoms with Crippen molar-refractivity contribution in [2.75, 3.05) is 6.54 Å². The quantitative estimate of drug-likeness (QED) is 0.541. The van der Waals surface area contributed by atoms with Crippen molar-refractivity contribution in [1.29, 1.82) is 0 Å². The van der Waals surface area contributed by atoms with Gasteiger partial charge < -0.3 is 0 Å². The molecule has 16 heavy (non-hydrogen) atoms. The van der Waals surface area contributed by atoms with Crippen LogP contribution >= 0.6 is 0 Å². The van der Waals surface area contributed by atoms with E-state index in [-0.39, 0.29) is 11.5 Å². The molecule has 0 heterocycles. The predicted octanol–water partition coefficient (Wildman–Crippen LogP) is 2.24. The third-order valence-electron chi connectivity index (χ3n) is 3.59. The number of rotatable bonds is 4. The summed E-state index contributed by atoms with van der Waals surface area (Å²) in [5.74, 6) is 0.544. The summed E-state index contributed by atoms with van der Waals surface area (Å²) in [4.78, 5) is 27.7. The molecule has 0 N–H and O–H groups in total. The second-order valence-electron chi connectivity index (χ2n) is 5.12. The summed E-state index contributed by atoms with van der Waals surface area (Å²) >= 11 is 0. The fourth-order valence-electron chi connectivity index (χ4n) is 2.43. The van der Waals surface area contributed by atoms with E-state index in [1.165, 1.54) is 0 Å². The molecule has 1 rings (SSSR count). The molecule has 0 aromatic heterocycles. The summed E-state index contributed by atoms with van der Waals surface area (Å²) in [6.07, 6.45) is 7.18. The van der Waals surface area contributed by atoms with Gasteiger partial charge in [0, 0.05) is 0 Å². The summed E-state index contributed by atoms with van der Waals surface area (Å²) in [6, 6.07) is 0.152. The summed E-state index contributed by atoms with van der Waals surface area (Å²) in [5.41, 5.74) is 0.0350. The molecule has 0 spiro atoms. The van der Waals surface area contributed by atoms with Crippen LogP contribution in [0.2, 0.25) is 0 Å². The lowest BCUT2D eigenvalue weighted by molar-refractivity contribution is 0.159. The van der Waals surface area contributed by atoms with Gasteiger partial charge >= 0.3 is 0 Å². The molecule has 4 nitrogen and oxygen atoms in total. The molecule has 0 unspecified atom stereocenters. The molecular formula is C12H18N2O2. The Morgan fingerprint density at radius 2 is 1.75 bits per heavy atom. The first kappa shape index (κ1) is 12.8. The van der Waals surface area contributed by atoms with Crippen LogP contribution in [0.4, 0.5) is 0 Å². The molecule has 0 amide bonds. The first-order valence-electron chi connectivity index (χ1n) is 5.71. The van der Waals surface area contributed by atoms with Crippen LogP contribution in [0, 0.1) is 11.3 Å². The predicted molar refractivity (Wildman–Crippen MR) is 60.6 cm³/mol. The minimum absolute atomic E-state index is 0.0350. The van der Waals surface area contributed by atoms with Gasteiger partial charge in [0.15, 0.2) is 0 Å². The van der Waals surface area contributed by atoms with Gasteiger partial charge in [0.05, 0.1) is 12.6 Å². The van der Waals surface area contributed by atoms with Crippen LogP contribution in [0.1, 0.15) is 39.5 Å². The molecule has 4 heteroatoms. The van der Waals surface area contributed by atoms with Gasteiger partial charge in [-0.3, -0.25) is 0 Å². The zero-order valence-electron chi connectivity index (χ0n) is 9.90. The monoisotopic (exact) mass is 222 g/mol. The zero-order chi connectivity index (χ0) is 12.0. The highest BCUT2D eigenvalue weighted by atomic mass is 16.1. The highest BCUT2D eigenvalue weighted by molar-refractivity contribution is 5.33. The average Bonchev–Trinajstić information content (AvgIpc) is 2.28. The molecule has 1 fully saturated rings. The first-order chi connectivity index (χ1) is 7.60. The molecule has 0 bridgehead atoms. The third kappa shape index (κ3) is 3.41. The van der Waals surface area contributed by atoms with Gasteiger partial charge in [-0.15, -0.1) is 0 Å². The van der Waals surface area contributed by atoms with E-state index < -0.39 is 0 Å². The maximum Gasteiger partial charge on any atom is 0.235 e. The lowest BCUT2D eigenvalue weighted by atomic mass is 9.70. The number of aliphatic imine (C=N–C) groups is 2. The van der Waals surface area contributed by atoms with Crippen molar-refractivity contribution in [2.24, 2.45) is 21.3 Å². The van der Waals surface area contributed by atoms with Crippen molar-refractivity contribution in [3.05, 3.63) is 0 Å². The Kier molecular flexibility index (Phi) is 4.60. The van der Waals surface area contributed by atoms with E-state index in [4.69, 9.17) is 0 Å². The minimum atomic E-state index is 0.0350. The Hall–Kier alpha value is -1.24. The number of isocyanates is 2. The zero-order valence-corrected chi connectivity index (χ0v) is 9.90. The maximum atomic E-state index is 10.1. The van der Waals surface area contributed by atoms with E-state index in [0.29, 0.717) is 12.5 Å². The molecule has 88 valence electrons. The maximum absolute atomic E-state index is 10.1. The van der Waals surface area contributed by atoms with Crippen LogP contribution in [-0.4, -0.2) is 24.7 Å². The number of hydrogen-bond donors (Lipinski definition) is 0. The molecular weight excluding hydrogens is 204 g/mol. The van der Waals surface area contributed by atoms with Crippen LogP contribution in [0.3, 0.4) is 0 Å². The Morgan fingerprint density at radius 3 is 2.25 bits per heavy atom. The Bertz CT molecular complexity index is 318. The largest absolute Gasteiger partial charge is 0.235 e. The van der Waals surface area contributed by atoms with Crippen LogP contribution in [0.25, 0.3) is 0 Å². The van der Waals surface area contributed by atoms with Gasteiger partial charge in [-0.2, -0.15) is 0 Å². The Morgan fingerprint density at radius 1 is 1.12 bits per heavy atom. The van der Waals surface area contributed by atoms with Crippen LogP contribution in [0.5, 0.6) is 0 Å². The molecule has 0 aromatic carbocycles. The molecule has 1 aliphatic rings. The van der Waals surface area contributed by atoms with E-state index in [2.05, 4.69) is 23.8 Å². The van der Waals surface area contributed by atoms with Gasteiger partial charge in [0.2, 0.25) is 12.2 Å². The molecule has 0 saturated heterocycles. The number of nitrogens with zero attached hydrogens (tertiary/aromatic N) is 2. The Labute approximate surface area is 95.9 Å². The van der Waals surface area contributed by atoms with Crippen molar-refractivity contribution in [3.8, 4) is 0 Å². The standard InChI is InChI=1S/C12H18N2O2/c1-12(2,7-13-8-15)10-3-5-11(6-4-10)14-9-16/h10-11H,3-7H2,1-2H3. The second kappa shape index (κ2) is 5.74. The lowest BCUT2D eigenvalue weighted by Crippen LogP contribution is -2.31. The minimum Gasteiger partial charge on any atom is -0.211 e. The smallest absolute Gasteiger partial charge is 0.211 e. The Balaban J connectivity index is 2.51. The number of hydrogen-bond acceptors (Lipinski definition) is 4. The van der Waals surface area contributed by atoms with E-state index >= 15 is 0 Å². The SMILES string of the molecule is CC(C)(CN=C=O)C1CCC(N=C=O)CC1. The average molecular weight is 222 g/mol. The first-order valence-corrected chi connectivity index (χ1v) is 5.71. The van der Waals surface area contributed by atoms with Crippen molar-refractivity contribution in [2.45, 2.75) is 45.6 Å². The normalized spacial score (nSPS) is 25.4. The van der Waals surface area contributed by atoms with Gasteiger partial charge in [-0.1, -0.05) is 13.8 Å². The summed E-state index contributed by atoms with van der Waals surface area (Å²) in [6.45, 7) is 4.78. The molecule has 0 aliphatic heterocycles. The number of carbonyl (C=O) groups excluding carboxylic acids is 2. The van der Waals surface area contributed by atoms with Gasteiger partial charge in [-0.05, 0) is 37.0 Å². The van der Waals surface area contributed by atoms with Crippen LogP contribution in [0.15, 0.2) is 9.98 Å². The van der Waals surface area contributed by atoms with E-state index in [0.717, 1.165) is 25.7 Å². The van der Waals surface area contributed by atoms with Crippen molar-refractivity contribution >= 4 is 12.2 Å². The van der Waals surface area contributed by atoms with E-state index in [9.17, 15) is 9.59 Å². The van der Waals surface area contributed by atoms with E-state index in [1.807, 2.05) is 0 Å². The highest BCUT2D eigenvalue weighted by Crippen LogP contribution is 2.39. The fraction of sp³-hybridized carbons (Fsp3) is 0.833. The molecule has 1 saturated carbocycles. The molecule has 0 aromatic rings. The molecule has 1 aliphatic carbocycles. The van der Waals surface area contributed by atoms with Crippen molar-refractivity contribution in [3.63, 3.8) is 0 Å². The van der Waals surface area contributed by atoms with Gasteiger partial charge in [0.1, 0.15) is 0 Å². The third-order valence-corrected chi connectivity index (χ3v) is 3.59. The fourth-order valence-corrected chi connectivity index (χ4v) is 2.43. The topological polar surface area (TPSA) is 58.9 Å². The van der Waals surface area contributed by atoms with Crippen molar-refractivity contribution < 1.29 is 9.59 Å². The summed E-state index contributed by atoms with van der Waals surface area (Å²) in [7, 11) is 0. The van der Waals surface area contributed by atoms with Gasteiger partial charge in [0.25, 0.3) is 0 Å². The van der Waals surface area contributed by atoms with Gasteiger partial charge in [-0.25, -0.2) is 19.6 Å². The molecule has 0 atom stereocenters.